The van der Waals surface area contributed by atoms with Gasteiger partial charge in [-0.05, 0) is 68.4 Å². The van der Waals surface area contributed by atoms with E-state index in [4.69, 9.17) is 0 Å². The summed E-state index contributed by atoms with van der Waals surface area (Å²) >= 11 is 1.33. The fraction of sp³-hybridized carbons (Fsp3) is 0.417. The van der Waals surface area contributed by atoms with Crippen LogP contribution in [0.3, 0.4) is 0 Å². The molecule has 2 aromatic rings. The SMILES string of the molecule is CC(SCC(=O)Nc1ccc(F)cc1)C(=O)N(C)C1CCC(c2ccccc2)CC1. The number of halogens is 1. The summed E-state index contributed by atoms with van der Waals surface area (Å²) in [5.74, 6) is 0.282. The molecule has 3 rings (SSSR count). The van der Waals surface area contributed by atoms with E-state index in [0.29, 0.717) is 11.6 Å². The molecule has 2 aromatic carbocycles. The van der Waals surface area contributed by atoms with Crippen molar-refractivity contribution in [2.45, 2.75) is 49.8 Å². The van der Waals surface area contributed by atoms with Gasteiger partial charge in [0.2, 0.25) is 11.8 Å². The molecule has 30 heavy (non-hydrogen) atoms. The number of nitrogens with zero attached hydrogens (tertiary/aromatic N) is 1. The summed E-state index contributed by atoms with van der Waals surface area (Å²) in [6, 6.07) is 16.5. The summed E-state index contributed by atoms with van der Waals surface area (Å²) in [5.41, 5.74) is 1.94. The van der Waals surface area contributed by atoms with Crippen molar-refractivity contribution < 1.29 is 14.0 Å². The van der Waals surface area contributed by atoms with Crippen LogP contribution in [-0.4, -0.2) is 40.8 Å². The van der Waals surface area contributed by atoms with Crippen molar-refractivity contribution in [1.82, 2.24) is 4.90 Å². The largest absolute Gasteiger partial charge is 0.342 e. The number of rotatable bonds is 7. The first-order chi connectivity index (χ1) is 14.4. The average Bonchev–Trinajstić information content (AvgIpc) is 2.78. The van der Waals surface area contributed by atoms with Crippen LogP contribution in [0.15, 0.2) is 54.6 Å². The number of anilines is 1. The highest BCUT2D eigenvalue weighted by Gasteiger charge is 2.29. The van der Waals surface area contributed by atoms with E-state index < -0.39 is 0 Å². The van der Waals surface area contributed by atoms with Crippen LogP contribution in [0.2, 0.25) is 0 Å². The van der Waals surface area contributed by atoms with Crippen molar-refractivity contribution in [3.05, 3.63) is 66.0 Å². The zero-order valence-corrected chi connectivity index (χ0v) is 18.3. The summed E-state index contributed by atoms with van der Waals surface area (Å²) in [6.07, 6.45) is 4.19. The summed E-state index contributed by atoms with van der Waals surface area (Å²) in [4.78, 5) is 26.8. The lowest BCUT2D eigenvalue weighted by Gasteiger charge is -2.36. The van der Waals surface area contributed by atoms with Gasteiger partial charge in [-0.15, -0.1) is 11.8 Å². The Kier molecular flexibility index (Phi) is 7.91. The molecule has 1 atom stereocenters. The van der Waals surface area contributed by atoms with Gasteiger partial charge in [-0.1, -0.05) is 30.3 Å². The molecule has 1 aliphatic carbocycles. The van der Waals surface area contributed by atoms with Gasteiger partial charge in [-0.3, -0.25) is 9.59 Å². The molecule has 0 saturated heterocycles. The lowest BCUT2D eigenvalue weighted by molar-refractivity contribution is -0.131. The number of benzene rings is 2. The van der Waals surface area contributed by atoms with Crippen molar-refractivity contribution in [3.63, 3.8) is 0 Å². The third-order valence-electron chi connectivity index (χ3n) is 5.80. The Hall–Kier alpha value is -2.34. The minimum absolute atomic E-state index is 0.0674. The van der Waals surface area contributed by atoms with Gasteiger partial charge in [-0.2, -0.15) is 0 Å². The van der Waals surface area contributed by atoms with E-state index >= 15 is 0 Å². The highest BCUT2D eigenvalue weighted by Crippen LogP contribution is 2.34. The summed E-state index contributed by atoms with van der Waals surface area (Å²) in [6.45, 7) is 1.85. The number of thioether (sulfide) groups is 1. The third kappa shape index (κ3) is 6.08. The van der Waals surface area contributed by atoms with E-state index in [0.717, 1.165) is 25.7 Å². The van der Waals surface area contributed by atoms with Crippen molar-refractivity contribution in [2.24, 2.45) is 0 Å². The third-order valence-corrected chi connectivity index (χ3v) is 6.93. The lowest BCUT2D eigenvalue weighted by Crippen LogP contribution is -2.43. The molecular weight excluding hydrogens is 399 g/mol. The average molecular weight is 429 g/mol. The van der Waals surface area contributed by atoms with Gasteiger partial charge < -0.3 is 10.2 Å². The Bertz CT molecular complexity index is 836. The summed E-state index contributed by atoms with van der Waals surface area (Å²) in [5, 5.41) is 2.43. The van der Waals surface area contributed by atoms with E-state index in [9.17, 15) is 14.0 Å². The Labute approximate surface area is 182 Å². The number of nitrogens with one attached hydrogen (secondary N) is 1. The highest BCUT2D eigenvalue weighted by molar-refractivity contribution is 8.01. The molecule has 6 heteroatoms. The molecule has 1 N–H and O–H groups in total. The molecule has 1 aliphatic rings. The maximum atomic E-state index is 12.9. The molecule has 0 aliphatic heterocycles. The van der Waals surface area contributed by atoms with Crippen LogP contribution < -0.4 is 5.32 Å². The van der Waals surface area contributed by atoms with Crippen LogP contribution in [0.1, 0.15) is 44.1 Å². The second-order valence-electron chi connectivity index (χ2n) is 7.87. The first-order valence-corrected chi connectivity index (χ1v) is 11.5. The van der Waals surface area contributed by atoms with Crippen LogP contribution in [0.4, 0.5) is 10.1 Å². The second-order valence-corrected chi connectivity index (χ2v) is 9.20. The molecule has 1 saturated carbocycles. The molecule has 0 bridgehead atoms. The number of hydrogen-bond donors (Lipinski definition) is 1. The van der Waals surface area contributed by atoms with E-state index in [1.807, 2.05) is 24.9 Å². The predicted octanol–water partition coefficient (Wildman–Crippen LogP) is 5.07. The zero-order chi connectivity index (χ0) is 21.5. The van der Waals surface area contributed by atoms with Crippen LogP contribution in [0.5, 0.6) is 0 Å². The van der Waals surface area contributed by atoms with Gasteiger partial charge in [0.25, 0.3) is 0 Å². The molecule has 4 nitrogen and oxygen atoms in total. The fourth-order valence-corrected chi connectivity index (χ4v) is 4.77. The second kappa shape index (κ2) is 10.6. The van der Waals surface area contributed by atoms with Crippen molar-refractivity contribution in [1.29, 1.82) is 0 Å². The van der Waals surface area contributed by atoms with Crippen molar-refractivity contribution >= 4 is 29.3 Å². The normalized spacial score (nSPS) is 19.7. The Morgan fingerprint density at radius 3 is 2.33 bits per heavy atom. The van der Waals surface area contributed by atoms with Crippen LogP contribution >= 0.6 is 11.8 Å². The van der Waals surface area contributed by atoms with E-state index in [-0.39, 0.29) is 34.7 Å². The van der Waals surface area contributed by atoms with Gasteiger partial charge in [0.15, 0.2) is 0 Å². The van der Waals surface area contributed by atoms with E-state index in [2.05, 4.69) is 29.6 Å². The minimum Gasteiger partial charge on any atom is -0.342 e. The maximum Gasteiger partial charge on any atom is 0.235 e. The maximum absolute atomic E-state index is 12.9. The van der Waals surface area contributed by atoms with Gasteiger partial charge in [0.1, 0.15) is 5.82 Å². The van der Waals surface area contributed by atoms with E-state index in [1.54, 1.807) is 0 Å². The minimum atomic E-state index is -0.345. The first-order valence-electron chi connectivity index (χ1n) is 10.4. The smallest absolute Gasteiger partial charge is 0.235 e. The van der Waals surface area contributed by atoms with E-state index in [1.165, 1.54) is 41.6 Å². The first kappa shape index (κ1) is 22.3. The molecule has 1 fully saturated rings. The van der Waals surface area contributed by atoms with Crippen molar-refractivity contribution in [3.8, 4) is 0 Å². The van der Waals surface area contributed by atoms with Gasteiger partial charge in [0, 0.05) is 18.8 Å². The number of carbonyl (C=O) groups is 2. The van der Waals surface area contributed by atoms with Gasteiger partial charge in [0.05, 0.1) is 11.0 Å². The molecule has 0 spiro atoms. The fourth-order valence-electron chi connectivity index (χ4n) is 3.99. The molecule has 2 amide bonds. The van der Waals surface area contributed by atoms with Gasteiger partial charge >= 0.3 is 0 Å². The Morgan fingerprint density at radius 2 is 1.70 bits per heavy atom. The van der Waals surface area contributed by atoms with Crippen LogP contribution in [-0.2, 0) is 9.59 Å². The van der Waals surface area contributed by atoms with Crippen molar-refractivity contribution in [2.75, 3.05) is 18.1 Å². The Morgan fingerprint density at radius 1 is 1.07 bits per heavy atom. The predicted molar refractivity (Wildman–Crippen MR) is 121 cm³/mol. The summed E-state index contributed by atoms with van der Waals surface area (Å²) in [7, 11) is 1.88. The van der Waals surface area contributed by atoms with Crippen LogP contribution in [0, 0.1) is 5.82 Å². The lowest BCUT2D eigenvalue weighted by atomic mass is 9.81. The standard InChI is InChI=1S/C24H29FN2O2S/c1-17(30-16-23(28)26-21-12-10-20(25)11-13-21)24(29)27(2)22-14-8-19(9-15-22)18-6-4-3-5-7-18/h3-7,10-13,17,19,22H,8-9,14-16H2,1-2H3,(H,26,28). The number of hydrogen-bond acceptors (Lipinski definition) is 3. The molecule has 160 valence electrons. The number of carbonyl (C=O) groups excluding carboxylic acids is 2. The number of amides is 2. The molecule has 0 radical (unpaired) electrons. The highest BCUT2D eigenvalue weighted by atomic mass is 32.2. The quantitative estimate of drug-likeness (QED) is 0.670. The monoisotopic (exact) mass is 428 g/mol. The molecular formula is C24H29FN2O2S. The summed E-state index contributed by atoms with van der Waals surface area (Å²) < 4.78 is 12.9. The molecule has 1 unspecified atom stereocenters. The van der Waals surface area contributed by atoms with Gasteiger partial charge in [-0.25, -0.2) is 4.39 Å². The molecule has 0 aromatic heterocycles. The Balaban J connectivity index is 1.42. The zero-order valence-electron chi connectivity index (χ0n) is 17.5. The topological polar surface area (TPSA) is 49.4 Å². The van der Waals surface area contributed by atoms with Crippen LogP contribution in [0.25, 0.3) is 0 Å². The molecule has 0 heterocycles.